The summed E-state index contributed by atoms with van der Waals surface area (Å²) in [5, 5.41) is 0. The van der Waals surface area contributed by atoms with Crippen molar-refractivity contribution in [3.8, 4) is 0 Å². The third kappa shape index (κ3) is 3.77. The molecule has 0 bridgehead atoms. The lowest BCUT2D eigenvalue weighted by molar-refractivity contribution is 0.323. The fourth-order valence-corrected chi connectivity index (χ4v) is 1.55. The maximum absolute atomic E-state index is 2.49. The molecule has 0 N–H and O–H groups in total. The van der Waals surface area contributed by atoms with E-state index >= 15 is 0 Å². The maximum atomic E-state index is 2.49. The predicted molar refractivity (Wildman–Crippen MR) is 58.9 cm³/mol. The Morgan fingerprint density at radius 2 is 2.31 bits per heavy atom. The van der Waals surface area contributed by atoms with E-state index in [1.54, 1.807) is 5.57 Å². The summed E-state index contributed by atoms with van der Waals surface area (Å²) in [6, 6.07) is 0. The predicted octanol–water partition coefficient (Wildman–Crippen LogP) is 2.99. The van der Waals surface area contributed by atoms with Crippen LogP contribution in [0.1, 0.15) is 33.6 Å². The van der Waals surface area contributed by atoms with E-state index in [-0.39, 0.29) is 0 Å². The van der Waals surface area contributed by atoms with Crippen LogP contribution >= 0.6 is 0 Å². The molecular formula is C12H21N. The quantitative estimate of drug-likeness (QED) is 0.602. The van der Waals surface area contributed by atoms with Crippen LogP contribution in [-0.4, -0.2) is 24.5 Å². The van der Waals surface area contributed by atoms with Crippen LogP contribution in [0.3, 0.4) is 0 Å². The molecule has 74 valence electrons. The normalized spacial score (nSPS) is 18.2. The van der Waals surface area contributed by atoms with E-state index in [0.29, 0.717) is 0 Å². The van der Waals surface area contributed by atoms with Crippen LogP contribution in [0, 0.1) is 0 Å². The topological polar surface area (TPSA) is 3.24 Å². The van der Waals surface area contributed by atoms with E-state index in [2.05, 4.69) is 37.8 Å². The van der Waals surface area contributed by atoms with Crippen LogP contribution < -0.4 is 0 Å². The van der Waals surface area contributed by atoms with Gasteiger partial charge in [0.25, 0.3) is 0 Å². The van der Waals surface area contributed by atoms with E-state index in [1.165, 1.54) is 25.0 Å². The molecule has 1 heterocycles. The van der Waals surface area contributed by atoms with Crippen LogP contribution in [0.5, 0.6) is 0 Å². The van der Waals surface area contributed by atoms with Gasteiger partial charge in [-0.05, 0) is 26.7 Å². The van der Waals surface area contributed by atoms with E-state index in [4.69, 9.17) is 0 Å². The molecule has 1 aliphatic heterocycles. The minimum atomic E-state index is 1.12. The van der Waals surface area contributed by atoms with Gasteiger partial charge in [-0.25, -0.2) is 0 Å². The molecule has 0 fully saturated rings. The molecular weight excluding hydrogens is 158 g/mol. The Kier molecular flexibility index (Phi) is 4.23. The van der Waals surface area contributed by atoms with Gasteiger partial charge in [0.05, 0.1) is 0 Å². The van der Waals surface area contributed by atoms with Crippen molar-refractivity contribution < 1.29 is 0 Å². The van der Waals surface area contributed by atoms with Crippen LogP contribution in [0.4, 0.5) is 0 Å². The van der Waals surface area contributed by atoms with Crippen molar-refractivity contribution in [2.24, 2.45) is 0 Å². The van der Waals surface area contributed by atoms with Gasteiger partial charge in [0.2, 0.25) is 0 Å². The molecule has 0 saturated heterocycles. The molecule has 0 aromatic carbocycles. The second-order valence-corrected chi connectivity index (χ2v) is 4.01. The lowest BCUT2D eigenvalue weighted by Crippen LogP contribution is -2.28. The van der Waals surface area contributed by atoms with Gasteiger partial charge in [-0.3, -0.25) is 4.90 Å². The first kappa shape index (κ1) is 10.5. The number of rotatable bonds is 3. The van der Waals surface area contributed by atoms with Gasteiger partial charge >= 0.3 is 0 Å². The van der Waals surface area contributed by atoms with Gasteiger partial charge < -0.3 is 0 Å². The van der Waals surface area contributed by atoms with Gasteiger partial charge in [-0.1, -0.05) is 30.2 Å². The van der Waals surface area contributed by atoms with Crippen LogP contribution in [0.2, 0.25) is 0 Å². The Balaban J connectivity index is 2.33. The molecule has 0 radical (unpaired) electrons. The zero-order valence-corrected chi connectivity index (χ0v) is 9.14. The molecule has 1 rings (SSSR count). The van der Waals surface area contributed by atoms with E-state index in [0.717, 1.165) is 13.1 Å². The second-order valence-electron chi connectivity index (χ2n) is 4.01. The molecule has 0 aliphatic carbocycles. The fraction of sp³-hybridized carbons (Fsp3) is 0.667. The summed E-state index contributed by atoms with van der Waals surface area (Å²) in [4.78, 5) is 2.49. The average Bonchev–Trinajstić information content (AvgIpc) is 2.15. The first-order valence-corrected chi connectivity index (χ1v) is 5.26. The zero-order valence-electron chi connectivity index (χ0n) is 9.14. The summed E-state index contributed by atoms with van der Waals surface area (Å²) >= 11 is 0. The molecule has 1 aliphatic rings. The maximum Gasteiger partial charge on any atom is 0.0169 e. The van der Waals surface area contributed by atoms with Crippen molar-refractivity contribution in [1.82, 2.24) is 4.90 Å². The molecule has 0 atom stereocenters. The lowest BCUT2D eigenvalue weighted by Gasteiger charge is -2.24. The molecule has 0 spiro atoms. The van der Waals surface area contributed by atoms with E-state index in [1.807, 2.05) is 0 Å². The van der Waals surface area contributed by atoms with Crippen LogP contribution in [0.25, 0.3) is 0 Å². The second kappa shape index (κ2) is 5.23. The largest absolute Gasteiger partial charge is 0.296 e. The summed E-state index contributed by atoms with van der Waals surface area (Å²) in [7, 11) is 0. The average molecular weight is 179 g/mol. The van der Waals surface area contributed by atoms with E-state index < -0.39 is 0 Å². The highest BCUT2D eigenvalue weighted by atomic mass is 15.1. The highest BCUT2D eigenvalue weighted by molar-refractivity contribution is 5.07. The summed E-state index contributed by atoms with van der Waals surface area (Å²) in [6.07, 6.45) is 7.21. The van der Waals surface area contributed by atoms with Crippen molar-refractivity contribution in [2.75, 3.05) is 19.6 Å². The monoisotopic (exact) mass is 179 g/mol. The van der Waals surface area contributed by atoms with Gasteiger partial charge in [-0.15, -0.1) is 0 Å². The fourth-order valence-electron chi connectivity index (χ4n) is 1.55. The molecule has 0 amide bonds. The molecule has 1 nitrogen and oxygen atoms in total. The molecule has 0 unspecified atom stereocenters. The van der Waals surface area contributed by atoms with Crippen LogP contribution in [0.15, 0.2) is 23.3 Å². The highest BCUT2D eigenvalue weighted by Gasteiger charge is 2.08. The summed E-state index contributed by atoms with van der Waals surface area (Å²) in [5.41, 5.74) is 3.05. The zero-order chi connectivity index (χ0) is 9.68. The van der Waals surface area contributed by atoms with Crippen molar-refractivity contribution in [3.05, 3.63) is 23.3 Å². The van der Waals surface area contributed by atoms with Crippen molar-refractivity contribution in [3.63, 3.8) is 0 Å². The van der Waals surface area contributed by atoms with Gasteiger partial charge in [0, 0.05) is 19.6 Å². The number of hydrogen-bond acceptors (Lipinski definition) is 1. The number of hydrogen-bond donors (Lipinski definition) is 0. The van der Waals surface area contributed by atoms with Crippen LogP contribution in [-0.2, 0) is 0 Å². The van der Waals surface area contributed by atoms with Crippen molar-refractivity contribution in [2.45, 2.75) is 33.6 Å². The smallest absolute Gasteiger partial charge is 0.0169 e. The van der Waals surface area contributed by atoms with Crippen molar-refractivity contribution in [1.29, 1.82) is 0 Å². The van der Waals surface area contributed by atoms with E-state index in [9.17, 15) is 0 Å². The standard InChI is InChI=1S/C12H21N/c1-4-12-6-9-13(10-7-12)8-5-11(2)3/h5-6H,4,7-10H2,1-3H3. The Bertz CT molecular complexity index is 209. The Morgan fingerprint density at radius 1 is 1.54 bits per heavy atom. The minimum absolute atomic E-state index is 1.12. The molecule has 0 aromatic heterocycles. The van der Waals surface area contributed by atoms with Crippen molar-refractivity contribution >= 4 is 0 Å². The Labute approximate surface area is 82.1 Å². The number of allylic oxidation sites excluding steroid dienone is 1. The molecule has 0 saturated carbocycles. The summed E-state index contributed by atoms with van der Waals surface area (Å²) < 4.78 is 0. The van der Waals surface area contributed by atoms with Gasteiger partial charge in [-0.2, -0.15) is 0 Å². The molecule has 1 heteroatoms. The summed E-state index contributed by atoms with van der Waals surface area (Å²) in [5.74, 6) is 0. The third-order valence-electron chi connectivity index (χ3n) is 2.60. The third-order valence-corrected chi connectivity index (χ3v) is 2.60. The summed E-state index contributed by atoms with van der Waals surface area (Å²) in [6.45, 7) is 10.1. The first-order chi connectivity index (χ1) is 6.22. The lowest BCUT2D eigenvalue weighted by atomic mass is 10.1. The number of nitrogens with zero attached hydrogens (tertiary/aromatic N) is 1. The molecule has 13 heavy (non-hydrogen) atoms. The van der Waals surface area contributed by atoms with Gasteiger partial charge in [0.1, 0.15) is 0 Å². The minimum Gasteiger partial charge on any atom is -0.296 e. The first-order valence-electron chi connectivity index (χ1n) is 5.26. The molecule has 0 aromatic rings. The SMILES string of the molecule is CCC1=CCN(CC=C(C)C)CC1. The highest BCUT2D eigenvalue weighted by Crippen LogP contribution is 2.13. The Morgan fingerprint density at radius 3 is 2.77 bits per heavy atom. The van der Waals surface area contributed by atoms with Gasteiger partial charge in [0.15, 0.2) is 0 Å². The Hall–Kier alpha value is -0.560.